The molecule has 4 N–H and O–H groups in total. The van der Waals surface area contributed by atoms with Crippen molar-refractivity contribution in [3.05, 3.63) is 41.1 Å². The van der Waals surface area contributed by atoms with Gasteiger partial charge in [0.2, 0.25) is 5.96 Å². The third-order valence-electron chi connectivity index (χ3n) is 4.25. The molecule has 1 aromatic rings. The highest BCUT2D eigenvalue weighted by molar-refractivity contribution is 5.88. The molecule has 1 amide bonds. The largest absolute Gasteiger partial charge is 0.443 e. The van der Waals surface area contributed by atoms with E-state index in [0.29, 0.717) is 19.2 Å². The van der Waals surface area contributed by atoms with Gasteiger partial charge in [0.1, 0.15) is 6.61 Å². The highest BCUT2D eigenvalue weighted by Crippen LogP contribution is 2.22. The summed E-state index contributed by atoms with van der Waals surface area (Å²) in [6.07, 6.45) is 0.936. The van der Waals surface area contributed by atoms with Gasteiger partial charge in [-0.05, 0) is 42.8 Å². The number of morpholine rings is 1. The molecule has 1 fully saturated rings. The minimum absolute atomic E-state index is 0.0685. The molecule has 1 aliphatic rings. The fraction of sp³-hybridized carbons (Fsp3) is 0.368. The van der Waals surface area contributed by atoms with E-state index in [1.807, 2.05) is 36.9 Å². The number of aliphatic imine (C=N–C) groups is 3. The molecule has 0 atom stereocenters. The molecular formula is C19H26N6O3. The summed E-state index contributed by atoms with van der Waals surface area (Å²) >= 11 is 0. The summed E-state index contributed by atoms with van der Waals surface area (Å²) in [5.41, 5.74) is 14.1. The van der Waals surface area contributed by atoms with Crippen LogP contribution in [0.25, 0.3) is 5.57 Å². The van der Waals surface area contributed by atoms with Crippen LogP contribution in [0.2, 0.25) is 0 Å². The van der Waals surface area contributed by atoms with Crippen LogP contribution in [0.4, 0.5) is 4.79 Å². The van der Waals surface area contributed by atoms with E-state index >= 15 is 0 Å². The smallest absolute Gasteiger partial charge is 0.437 e. The van der Waals surface area contributed by atoms with Crippen molar-refractivity contribution in [2.75, 3.05) is 26.3 Å². The van der Waals surface area contributed by atoms with Gasteiger partial charge >= 0.3 is 6.09 Å². The average molecular weight is 386 g/mol. The first-order chi connectivity index (χ1) is 13.4. The number of amides is 1. The van der Waals surface area contributed by atoms with E-state index in [0.717, 1.165) is 35.4 Å². The first-order valence-electron chi connectivity index (χ1n) is 8.81. The van der Waals surface area contributed by atoms with Crippen molar-refractivity contribution in [1.29, 1.82) is 0 Å². The first-order valence-corrected chi connectivity index (χ1v) is 8.81. The Labute approximate surface area is 164 Å². The van der Waals surface area contributed by atoms with Gasteiger partial charge in [0.25, 0.3) is 0 Å². The molecular weight excluding hydrogens is 360 g/mol. The summed E-state index contributed by atoms with van der Waals surface area (Å²) < 4.78 is 10.4. The lowest BCUT2D eigenvalue weighted by molar-refractivity contribution is 0.0676. The number of carbonyl (C=O) groups excluding carboxylic acids is 1. The summed E-state index contributed by atoms with van der Waals surface area (Å²) in [5, 5.41) is 0. The molecule has 1 heterocycles. The van der Waals surface area contributed by atoms with Gasteiger partial charge < -0.3 is 25.8 Å². The summed E-state index contributed by atoms with van der Waals surface area (Å²) in [4.78, 5) is 25.4. The number of ether oxygens (including phenoxy) is 2. The number of carbonyl (C=O) groups is 1. The van der Waals surface area contributed by atoms with E-state index in [2.05, 4.69) is 21.7 Å². The van der Waals surface area contributed by atoms with Crippen LogP contribution >= 0.6 is 0 Å². The number of hydrogen-bond acceptors (Lipinski definition) is 4. The molecule has 0 saturated carbocycles. The van der Waals surface area contributed by atoms with Crippen molar-refractivity contribution in [3.63, 3.8) is 0 Å². The molecule has 0 aromatic heterocycles. The average Bonchev–Trinajstić information content (AvgIpc) is 2.68. The van der Waals surface area contributed by atoms with Crippen LogP contribution in [0, 0.1) is 6.92 Å². The Kier molecular flexibility index (Phi) is 7.70. The van der Waals surface area contributed by atoms with Crippen LogP contribution in [0.3, 0.4) is 0 Å². The minimum atomic E-state index is -0.825. The normalized spacial score (nSPS) is 15.1. The molecule has 9 heteroatoms. The van der Waals surface area contributed by atoms with E-state index in [-0.39, 0.29) is 12.6 Å². The summed E-state index contributed by atoms with van der Waals surface area (Å²) in [7, 11) is 0. The van der Waals surface area contributed by atoms with E-state index in [9.17, 15) is 4.79 Å². The third-order valence-corrected chi connectivity index (χ3v) is 4.25. The second-order valence-electron chi connectivity index (χ2n) is 6.18. The molecule has 1 aromatic carbocycles. The molecule has 0 unspecified atom stereocenters. The van der Waals surface area contributed by atoms with Gasteiger partial charge in [-0.15, -0.1) is 4.99 Å². The summed E-state index contributed by atoms with van der Waals surface area (Å²) in [6.45, 7) is 10.4. The number of hydrogen-bond donors (Lipinski definition) is 2. The zero-order valence-corrected chi connectivity index (χ0v) is 16.2. The van der Waals surface area contributed by atoms with Crippen LogP contribution < -0.4 is 11.5 Å². The van der Waals surface area contributed by atoms with Crippen molar-refractivity contribution in [2.45, 2.75) is 20.5 Å². The molecule has 2 rings (SSSR count). The second-order valence-corrected chi connectivity index (χ2v) is 6.18. The zero-order valence-electron chi connectivity index (χ0n) is 16.2. The third kappa shape index (κ3) is 5.92. The number of allylic oxidation sites excluding steroid dienone is 1. The van der Waals surface area contributed by atoms with Crippen molar-refractivity contribution < 1.29 is 14.3 Å². The van der Waals surface area contributed by atoms with Crippen molar-refractivity contribution in [1.82, 2.24) is 4.90 Å². The molecule has 9 nitrogen and oxygen atoms in total. The molecule has 0 aliphatic carbocycles. The molecule has 0 spiro atoms. The quantitative estimate of drug-likeness (QED) is 0.598. The van der Waals surface area contributed by atoms with Gasteiger partial charge in [-0.2, -0.15) is 0 Å². The van der Waals surface area contributed by atoms with Crippen LogP contribution in [0.1, 0.15) is 23.6 Å². The predicted octanol–water partition coefficient (Wildman–Crippen LogP) is 1.65. The van der Waals surface area contributed by atoms with Crippen molar-refractivity contribution in [3.8, 4) is 0 Å². The fourth-order valence-electron chi connectivity index (χ4n) is 2.75. The minimum Gasteiger partial charge on any atom is -0.443 e. The highest BCUT2D eigenvalue weighted by atomic mass is 16.5. The monoisotopic (exact) mass is 386 g/mol. The van der Waals surface area contributed by atoms with Crippen LogP contribution in [-0.4, -0.2) is 55.9 Å². The Morgan fingerprint density at radius 1 is 1.36 bits per heavy atom. The van der Waals surface area contributed by atoms with Gasteiger partial charge in [0.05, 0.1) is 13.2 Å². The molecule has 150 valence electrons. The standard InChI is InChI=1S/C19H26N6O3/c1-13(11-23-18(22-3)25-7-9-27-10-8-25)16-6-4-5-15(14(16)2)12-28-19(26)24-17(20)21/h4-6,11H,3,7-10,12H2,1-2H3,(H4,20,21,24,26)/b13-11+,23-18?. The Morgan fingerprint density at radius 3 is 2.71 bits per heavy atom. The summed E-state index contributed by atoms with van der Waals surface area (Å²) in [6, 6.07) is 5.75. The Morgan fingerprint density at radius 2 is 2.07 bits per heavy atom. The molecule has 28 heavy (non-hydrogen) atoms. The maximum atomic E-state index is 11.5. The van der Waals surface area contributed by atoms with Crippen molar-refractivity contribution in [2.24, 2.45) is 26.4 Å². The van der Waals surface area contributed by atoms with Gasteiger partial charge in [-0.3, -0.25) is 0 Å². The maximum Gasteiger partial charge on any atom is 0.437 e. The molecule has 1 saturated heterocycles. The van der Waals surface area contributed by atoms with E-state index in [1.54, 1.807) is 6.20 Å². The summed E-state index contributed by atoms with van der Waals surface area (Å²) in [5.74, 6) is 0.238. The number of benzene rings is 1. The van der Waals surface area contributed by atoms with Crippen LogP contribution in [-0.2, 0) is 16.1 Å². The van der Waals surface area contributed by atoms with Gasteiger partial charge in [-0.1, -0.05) is 18.2 Å². The number of guanidine groups is 2. The fourth-order valence-corrected chi connectivity index (χ4v) is 2.75. The lowest BCUT2D eigenvalue weighted by atomic mass is 9.98. The predicted molar refractivity (Wildman–Crippen MR) is 110 cm³/mol. The van der Waals surface area contributed by atoms with E-state index in [1.165, 1.54) is 0 Å². The lowest BCUT2D eigenvalue weighted by Crippen LogP contribution is -2.39. The van der Waals surface area contributed by atoms with E-state index in [4.69, 9.17) is 20.9 Å². The lowest BCUT2D eigenvalue weighted by Gasteiger charge is -2.27. The Hall–Kier alpha value is -3.20. The van der Waals surface area contributed by atoms with Crippen LogP contribution in [0.5, 0.6) is 0 Å². The first kappa shape index (κ1) is 21.1. The van der Waals surface area contributed by atoms with Crippen LogP contribution in [0.15, 0.2) is 39.4 Å². The van der Waals surface area contributed by atoms with Gasteiger partial charge in [-0.25, -0.2) is 14.8 Å². The van der Waals surface area contributed by atoms with Gasteiger partial charge in [0.15, 0.2) is 5.96 Å². The molecule has 0 bridgehead atoms. The van der Waals surface area contributed by atoms with E-state index < -0.39 is 6.09 Å². The number of rotatable bonds is 4. The topological polar surface area (TPSA) is 128 Å². The maximum absolute atomic E-state index is 11.5. The Bertz CT molecular complexity index is 806. The Balaban J connectivity index is 2.16. The zero-order chi connectivity index (χ0) is 20.5. The highest BCUT2D eigenvalue weighted by Gasteiger charge is 2.13. The second kappa shape index (κ2) is 10.2. The van der Waals surface area contributed by atoms with Crippen molar-refractivity contribution >= 4 is 30.3 Å². The number of nitrogens with zero attached hydrogens (tertiary/aromatic N) is 4. The molecule has 1 aliphatic heterocycles. The SMILES string of the molecule is C=NC(=N/C=C(\C)c1cccc(COC(=O)N=C(N)N)c1C)N1CCOCC1. The molecule has 0 radical (unpaired) electrons. The van der Waals surface area contributed by atoms with Gasteiger partial charge in [0, 0.05) is 19.3 Å². The number of nitrogens with two attached hydrogens (primary N) is 2.